The van der Waals surface area contributed by atoms with Gasteiger partial charge in [-0.05, 0) is 44.2 Å². The molecule has 0 atom stereocenters. The monoisotopic (exact) mass is 185 g/mol. The van der Waals surface area contributed by atoms with Gasteiger partial charge in [-0.25, -0.2) is 0 Å². The summed E-state index contributed by atoms with van der Waals surface area (Å²) in [6.07, 6.45) is 3.27. The zero-order valence-electron chi connectivity index (χ0n) is 8.80. The summed E-state index contributed by atoms with van der Waals surface area (Å²) in [5.74, 6) is 0. The third-order valence-electron chi connectivity index (χ3n) is 3.33. The van der Waals surface area contributed by atoms with Crippen molar-refractivity contribution in [1.82, 2.24) is 0 Å². The molecule has 2 rings (SSSR count). The summed E-state index contributed by atoms with van der Waals surface area (Å²) in [4.78, 5) is 0. The van der Waals surface area contributed by atoms with E-state index < -0.39 is 0 Å². The second kappa shape index (κ2) is 3.13. The van der Waals surface area contributed by atoms with Gasteiger partial charge in [-0.1, -0.05) is 23.8 Å². The second-order valence-electron chi connectivity index (χ2n) is 4.37. The highest BCUT2D eigenvalue weighted by atomic mass is 14.4. The first-order valence-electron chi connectivity index (χ1n) is 5.17. The van der Waals surface area contributed by atoms with Gasteiger partial charge in [0.05, 0.1) is 11.5 Å². The van der Waals surface area contributed by atoms with Crippen molar-refractivity contribution in [3.8, 4) is 6.07 Å². The maximum atomic E-state index is 9.26. The molecule has 14 heavy (non-hydrogen) atoms. The highest BCUT2D eigenvalue weighted by molar-refractivity contribution is 5.42. The number of hydrogen-bond donors (Lipinski definition) is 0. The third kappa shape index (κ3) is 1.23. The molecule has 1 nitrogen and oxygen atoms in total. The van der Waals surface area contributed by atoms with Crippen molar-refractivity contribution >= 4 is 0 Å². The van der Waals surface area contributed by atoms with Crippen molar-refractivity contribution in [2.24, 2.45) is 0 Å². The van der Waals surface area contributed by atoms with E-state index in [0.29, 0.717) is 0 Å². The summed E-state index contributed by atoms with van der Waals surface area (Å²) < 4.78 is 0. The van der Waals surface area contributed by atoms with Crippen molar-refractivity contribution in [2.75, 3.05) is 0 Å². The fourth-order valence-electron chi connectivity index (χ4n) is 2.22. The summed E-state index contributed by atoms with van der Waals surface area (Å²) in [5.41, 5.74) is 3.62. The average molecular weight is 185 g/mol. The summed E-state index contributed by atoms with van der Waals surface area (Å²) in [6.45, 7) is 4.19. The minimum absolute atomic E-state index is 0.157. The lowest BCUT2D eigenvalue weighted by Gasteiger charge is -2.36. The van der Waals surface area contributed by atoms with E-state index >= 15 is 0 Å². The fraction of sp³-hybridized carbons (Fsp3) is 0.462. The Morgan fingerprint density at radius 1 is 1.29 bits per heavy atom. The van der Waals surface area contributed by atoms with E-state index in [0.717, 1.165) is 12.8 Å². The normalized spacial score (nSPS) is 18.4. The average Bonchev–Trinajstić information content (AvgIpc) is 2.10. The molecule has 1 aliphatic carbocycles. The van der Waals surface area contributed by atoms with Crippen LogP contribution in [0.2, 0.25) is 0 Å². The molecular formula is C13H15N. The van der Waals surface area contributed by atoms with E-state index in [1.165, 1.54) is 23.1 Å². The Kier molecular flexibility index (Phi) is 2.07. The molecule has 0 saturated heterocycles. The van der Waals surface area contributed by atoms with Crippen LogP contribution < -0.4 is 0 Å². The molecule has 1 aromatic rings. The number of benzene rings is 1. The van der Waals surface area contributed by atoms with Crippen molar-refractivity contribution in [2.45, 2.75) is 38.5 Å². The molecule has 0 spiro atoms. The molecule has 0 aliphatic heterocycles. The maximum absolute atomic E-state index is 9.26. The van der Waals surface area contributed by atoms with Crippen LogP contribution in [-0.4, -0.2) is 0 Å². The topological polar surface area (TPSA) is 23.8 Å². The lowest BCUT2D eigenvalue weighted by Crippen LogP contribution is -2.33. The molecule has 1 aromatic carbocycles. The molecule has 1 heteroatoms. The van der Waals surface area contributed by atoms with Gasteiger partial charge in [-0.2, -0.15) is 5.26 Å². The summed E-state index contributed by atoms with van der Waals surface area (Å²) in [6, 6.07) is 8.92. The summed E-state index contributed by atoms with van der Waals surface area (Å²) in [5, 5.41) is 9.26. The van der Waals surface area contributed by atoms with E-state index in [2.05, 4.69) is 38.1 Å². The van der Waals surface area contributed by atoms with Crippen LogP contribution in [0.15, 0.2) is 18.2 Å². The van der Waals surface area contributed by atoms with Gasteiger partial charge in [0.2, 0.25) is 0 Å². The van der Waals surface area contributed by atoms with Gasteiger partial charge < -0.3 is 0 Å². The van der Waals surface area contributed by atoms with E-state index in [-0.39, 0.29) is 5.41 Å². The quantitative estimate of drug-likeness (QED) is 0.658. The molecule has 1 aliphatic rings. The Labute approximate surface area is 85.4 Å². The number of nitrogens with zero attached hydrogens (tertiary/aromatic N) is 1. The smallest absolute Gasteiger partial charge is 0.0825 e. The predicted octanol–water partition coefficient (Wildman–Crippen LogP) is 3.25. The highest BCUT2D eigenvalue weighted by Gasteiger charge is 2.39. The first-order chi connectivity index (χ1) is 6.68. The van der Waals surface area contributed by atoms with Gasteiger partial charge in [0.1, 0.15) is 0 Å². The van der Waals surface area contributed by atoms with Gasteiger partial charge >= 0.3 is 0 Å². The molecule has 0 amide bonds. The van der Waals surface area contributed by atoms with Crippen LogP contribution in [0, 0.1) is 25.2 Å². The first kappa shape index (κ1) is 9.27. The van der Waals surface area contributed by atoms with Crippen LogP contribution in [0.4, 0.5) is 0 Å². The maximum Gasteiger partial charge on any atom is 0.0825 e. The lowest BCUT2D eigenvalue weighted by molar-refractivity contribution is 0.322. The summed E-state index contributed by atoms with van der Waals surface area (Å²) >= 11 is 0. The van der Waals surface area contributed by atoms with Crippen LogP contribution in [0.5, 0.6) is 0 Å². The van der Waals surface area contributed by atoms with E-state index in [1.807, 2.05) is 0 Å². The van der Waals surface area contributed by atoms with Gasteiger partial charge in [0.15, 0.2) is 0 Å². The molecule has 1 saturated carbocycles. The number of rotatable bonds is 1. The molecule has 0 unspecified atom stereocenters. The SMILES string of the molecule is Cc1ccc(C)c(C2(C#N)CCC2)c1. The Bertz CT molecular complexity index is 394. The van der Waals surface area contributed by atoms with Crippen LogP contribution in [0.1, 0.15) is 36.0 Å². The van der Waals surface area contributed by atoms with Gasteiger partial charge in [-0.15, -0.1) is 0 Å². The van der Waals surface area contributed by atoms with Crippen LogP contribution >= 0.6 is 0 Å². The minimum Gasteiger partial charge on any atom is -0.197 e. The van der Waals surface area contributed by atoms with Crippen molar-refractivity contribution in [1.29, 1.82) is 5.26 Å². The molecule has 0 radical (unpaired) electrons. The van der Waals surface area contributed by atoms with Crippen LogP contribution in [0.3, 0.4) is 0 Å². The second-order valence-corrected chi connectivity index (χ2v) is 4.37. The first-order valence-corrected chi connectivity index (χ1v) is 5.17. The van der Waals surface area contributed by atoms with Crippen molar-refractivity contribution in [3.05, 3.63) is 34.9 Å². The third-order valence-corrected chi connectivity index (χ3v) is 3.33. The Hall–Kier alpha value is -1.29. The zero-order valence-corrected chi connectivity index (χ0v) is 8.80. The lowest BCUT2D eigenvalue weighted by atomic mass is 9.64. The van der Waals surface area contributed by atoms with Crippen molar-refractivity contribution < 1.29 is 0 Å². The predicted molar refractivity (Wildman–Crippen MR) is 57.1 cm³/mol. The molecule has 0 N–H and O–H groups in total. The molecule has 0 bridgehead atoms. The van der Waals surface area contributed by atoms with Gasteiger partial charge in [0.25, 0.3) is 0 Å². The number of hydrogen-bond acceptors (Lipinski definition) is 1. The Morgan fingerprint density at radius 3 is 2.50 bits per heavy atom. The van der Waals surface area contributed by atoms with Crippen molar-refractivity contribution in [3.63, 3.8) is 0 Å². The van der Waals surface area contributed by atoms with Gasteiger partial charge in [-0.3, -0.25) is 0 Å². The number of aryl methyl sites for hydroxylation is 2. The standard InChI is InChI=1S/C13H15N/c1-10-4-5-11(2)12(8-10)13(9-14)6-3-7-13/h4-5,8H,3,6-7H2,1-2H3. The van der Waals surface area contributed by atoms with E-state index in [4.69, 9.17) is 0 Å². The van der Waals surface area contributed by atoms with Gasteiger partial charge in [0, 0.05) is 0 Å². The summed E-state index contributed by atoms with van der Waals surface area (Å²) in [7, 11) is 0. The zero-order chi connectivity index (χ0) is 10.2. The molecular weight excluding hydrogens is 170 g/mol. The molecule has 1 fully saturated rings. The fourth-order valence-corrected chi connectivity index (χ4v) is 2.22. The molecule has 72 valence electrons. The van der Waals surface area contributed by atoms with Crippen LogP contribution in [0.25, 0.3) is 0 Å². The minimum atomic E-state index is -0.157. The molecule has 0 aromatic heterocycles. The van der Waals surface area contributed by atoms with E-state index in [9.17, 15) is 5.26 Å². The highest BCUT2D eigenvalue weighted by Crippen LogP contribution is 2.44. The Balaban J connectivity index is 2.50. The van der Waals surface area contributed by atoms with Crippen LogP contribution in [-0.2, 0) is 5.41 Å². The molecule has 0 heterocycles. The Morgan fingerprint density at radius 2 is 2.00 bits per heavy atom. The van der Waals surface area contributed by atoms with E-state index in [1.54, 1.807) is 0 Å². The number of nitriles is 1. The largest absolute Gasteiger partial charge is 0.197 e.